The normalized spacial score (nSPS) is 15.8. The van der Waals surface area contributed by atoms with Crippen LogP contribution >= 0.6 is 11.3 Å². The SMILES string of the molecule is O=C(Nc1nc(-c2cccnc2)cs1)[C@@H]1COc2ccccc2O1. The van der Waals surface area contributed by atoms with Crippen LogP contribution in [0.15, 0.2) is 54.2 Å². The molecule has 0 fully saturated rings. The predicted octanol–water partition coefficient (Wildman–Crippen LogP) is 2.98. The van der Waals surface area contributed by atoms with Gasteiger partial charge >= 0.3 is 0 Å². The number of benzene rings is 1. The lowest BCUT2D eigenvalue weighted by Crippen LogP contribution is -2.40. The van der Waals surface area contributed by atoms with Gasteiger partial charge in [0.25, 0.3) is 5.91 Å². The third-order valence-electron chi connectivity index (χ3n) is 3.49. The lowest BCUT2D eigenvalue weighted by atomic mass is 10.2. The number of aromatic nitrogens is 2. The van der Waals surface area contributed by atoms with Gasteiger partial charge in [0.2, 0.25) is 6.10 Å². The summed E-state index contributed by atoms with van der Waals surface area (Å²) in [6.45, 7) is 0.170. The molecule has 0 spiro atoms. The van der Waals surface area contributed by atoms with Crippen LogP contribution in [0.2, 0.25) is 0 Å². The summed E-state index contributed by atoms with van der Waals surface area (Å²) < 4.78 is 11.2. The number of para-hydroxylation sites is 2. The zero-order chi connectivity index (χ0) is 16.4. The first-order valence-electron chi connectivity index (χ1n) is 7.35. The molecule has 6 nitrogen and oxygen atoms in total. The second kappa shape index (κ2) is 6.29. The van der Waals surface area contributed by atoms with Crippen molar-refractivity contribution in [2.45, 2.75) is 6.10 Å². The number of carbonyl (C=O) groups is 1. The minimum Gasteiger partial charge on any atom is -0.485 e. The molecule has 4 rings (SSSR count). The predicted molar refractivity (Wildman–Crippen MR) is 90.3 cm³/mol. The first kappa shape index (κ1) is 14.6. The molecule has 0 saturated heterocycles. The van der Waals surface area contributed by atoms with Gasteiger partial charge in [-0.25, -0.2) is 4.98 Å². The Hall–Kier alpha value is -2.93. The Bertz CT molecular complexity index is 866. The van der Waals surface area contributed by atoms with E-state index in [4.69, 9.17) is 9.47 Å². The molecule has 1 aromatic carbocycles. The Labute approximate surface area is 142 Å². The standard InChI is InChI=1S/C17H13N3O3S/c21-16(15-9-22-13-5-1-2-6-14(13)23-15)20-17-19-12(10-24-17)11-4-3-7-18-8-11/h1-8,10,15H,9H2,(H,19,20,21)/t15-/m0/s1. The molecule has 0 bridgehead atoms. The molecule has 24 heavy (non-hydrogen) atoms. The van der Waals surface area contributed by atoms with Crippen LogP contribution in [0.4, 0.5) is 5.13 Å². The topological polar surface area (TPSA) is 73.3 Å². The van der Waals surface area contributed by atoms with Crippen molar-refractivity contribution in [3.63, 3.8) is 0 Å². The Morgan fingerprint density at radius 3 is 2.92 bits per heavy atom. The number of thiazole rings is 1. The highest BCUT2D eigenvalue weighted by Crippen LogP contribution is 2.31. The maximum atomic E-state index is 12.4. The third-order valence-corrected chi connectivity index (χ3v) is 4.25. The molecule has 0 radical (unpaired) electrons. The van der Waals surface area contributed by atoms with E-state index in [0.717, 1.165) is 11.3 Å². The van der Waals surface area contributed by atoms with Gasteiger partial charge in [0.15, 0.2) is 16.6 Å². The van der Waals surface area contributed by atoms with Crippen LogP contribution in [0.25, 0.3) is 11.3 Å². The average molecular weight is 339 g/mol. The van der Waals surface area contributed by atoms with Crippen molar-refractivity contribution < 1.29 is 14.3 Å². The Morgan fingerprint density at radius 1 is 1.21 bits per heavy atom. The zero-order valence-corrected chi connectivity index (χ0v) is 13.3. The van der Waals surface area contributed by atoms with Gasteiger partial charge in [-0.2, -0.15) is 0 Å². The molecule has 1 N–H and O–H groups in total. The van der Waals surface area contributed by atoms with E-state index < -0.39 is 6.10 Å². The van der Waals surface area contributed by atoms with Crippen LogP contribution in [0.5, 0.6) is 11.5 Å². The van der Waals surface area contributed by atoms with Crippen molar-refractivity contribution in [2.24, 2.45) is 0 Å². The number of hydrogen-bond acceptors (Lipinski definition) is 6. The van der Waals surface area contributed by atoms with Crippen molar-refractivity contribution in [1.29, 1.82) is 0 Å². The number of hydrogen-bond donors (Lipinski definition) is 1. The minimum absolute atomic E-state index is 0.170. The maximum Gasteiger partial charge on any atom is 0.270 e. The van der Waals surface area contributed by atoms with Gasteiger partial charge in [0.1, 0.15) is 6.61 Å². The van der Waals surface area contributed by atoms with Gasteiger partial charge < -0.3 is 9.47 Å². The van der Waals surface area contributed by atoms with E-state index >= 15 is 0 Å². The summed E-state index contributed by atoms with van der Waals surface area (Å²) in [4.78, 5) is 20.8. The van der Waals surface area contributed by atoms with Crippen molar-refractivity contribution in [3.8, 4) is 22.8 Å². The van der Waals surface area contributed by atoms with Crippen LogP contribution in [-0.4, -0.2) is 28.6 Å². The number of pyridine rings is 1. The van der Waals surface area contributed by atoms with Gasteiger partial charge in [-0.1, -0.05) is 12.1 Å². The molecular weight excluding hydrogens is 326 g/mol. The summed E-state index contributed by atoms with van der Waals surface area (Å²) in [5, 5.41) is 5.17. The molecule has 0 saturated carbocycles. The van der Waals surface area contributed by atoms with Gasteiger partial charge in [0, 0.05) is 23.3 Å². The Kier molecular flexibility index (Phi) is 3.84. The van der Waals surface area contributed by atoms with E-state index in [-0.39, 0.29) is 12.5 Å². The number of rotatable bonds is 3. The number of nitrogens with zero attached hydrogens (tertiary/aromatic N) is 2. The molecule has 0 unspecified atom stereocenters. The Balaban J connectivity index is 1.45. The number of ether oxygens (including phenoxy) is 2. The largest absolute Gasteiger partial charge is 0.485 e. The van der Waals surface area contributed by atoms with Crippen molar-refractivity contribution >= 4 is 22.4 Å². The first-order chi connectivity index (χ1) is 11.8. The monoisotopic (exact) mass is 339 g/mol. The number of carbonyl (C=O) groups excluding carboxylic acids is 1. The van der Waals surface area contributed by atoms with E-state index in [9.17, 15) is 4.79 Å². The molecule has 2 aromatic heterocycles. The number of anilines is 1. The number of amides is 1. The van der Waals surface area contributed by atoms with Crippen molar-refractivity contribution in [3.05, 3.63) is 54.2 Å². The molecule has 1 amide bonds. The number of fused-ring (bicyclic) bond motifs is 1. The second-order valence-corrected chi connectivity index (χ2v) is 5.99. The van der Waals surface area contributed by atoms with Crippen LogP contribution < -0.4 is 14.8 Å². The first-order valence-corrected chi connectivity index (χ1v) is 8.23. The third kappa shape index (κ3) is 2.93. The van der Waals surface area contributed by atoms with E-state index in [1.165, 1.54) is 11.3 Å². The summed E-state index contributed by atoms with van der Waals surface area (Å²) in [5.74, 6) is 0.935. The second-order valence-electron chi connectivity index (χ2n) is 5.13. The van der Waals surface area contributed by atoms with E-state index in [2.05, 4.69) is 15.3 Å². The molecule has 1 aliphatic rings. The molecule has 1 aliphatic heterocycles. The quantitative estimate of drug-likeness (QED) is 0.794. The summed E-state index contributed by atoms with van der Waals surface area (Å²) in [6.07, 6.45) is 2.73. The van der Waals surface area contributed by atoms with Crippen molar-refractivity contribution in [2.75, 3.05) is 11.9 Å². The molecule has 7 heteroatoms. The van der Waals surface area contributed by atoms with E-state index in [0.29, 0.717) is 16.6 Å². The fraction of sp³-hybridized carbons (Fsp3) is 0.118. The smallest absolute Gasteiger partial charge is 0.270 e. The highest BCUT2D eigenvalue weighted by atomic mass is 32.1. The minimum atomic E-state index is -0.703. The van der Waals surface area contributed by atoms with Crippen LogP contribution in [0.1, 0.15) is 0 Å². The van der Waals surface area contributed by atoms with Gasteiger partial charge in [-0.3, -0.25) is 15.1 Å². The Morgan fingerprint density at radius 2 is 2.08 bits per heavy atom. The summed E-state index contributed by atoms with van der Waals surface area (Å²) >= 11 is 1.36. The molecular formula is C17H13N3O3S. The maximum absolute atomic E-state index is 12.4. The lowest BCUT2D eigenvalue weighted by molar-refractivity contribution is -0.125. The van der Waals surface area contributed by atoms with Crippen molar-refractivity contribution in [1.82, 2.24) is 9.97 Å². The fourth-order valence-corrected chi connectivity index (χ4v) is 3.04. The van der Waals surface area contributed by atoms with Gasteiger partial charge in [-0.05, 0) is 24.3 Å². The summed E-state index contributed by atoms with van der Waals surface area (Å²) in [6, 6.07) is 11.0. The average Bonchev–Trinajstić information content (AvgIpc) is 3.10. The van der Waals surface area contributed by atoms with E-state index in [1.54, 1.807) is 18.5 Å². The van der Waals surface area contributed by atoms with Crippen LogP contribution in [0.3, 0.4) is 0 Å². The fourth-order valence-electron chi connectivity index (χ4n) is 2.31. The van der Waals surface area contributed by atoms with Crippen LogP contribution in [-0.2, 0) is 4.79 Å². The van der Waals surface area contributed by atoms with Gasteiger partial charge in [0.05, 0.1) is 5.69 Å². The number of nitrogens with one attached hydrogen (secondary N) is 1. The lowest BCUT2D eigenvalue weighted by Gasteiger charge is -2.25. The molecule has 3 heterocycles. The molecule has 120 valence electrons. The van der Waals surface area contributed by atoms with Gasteiger partial charge in [-0.15, -0.1) is 11.3 Å². The highest BCUT2D eigenvalue weighted by Gasteiger charge is 2.27. The highest BCUT2D eigenvalue weighted by molar-refractivity contribution is 7.14. The molecule has 0 aliphatic carbocycles. The van der Waals surface area contributed by atoms with E-state index in [1.807, 2.05) is 35.7 Å². The molecule has 1 atom stereocenters. The summed E-state index contributed by atoms with van der Waals surface area (Å²) in [7, 11) is 0. The summed E-state index contributed by atoms with van der Waals surface area (Å²) in [5.41, 5.74) is 1.68. The zero-order valence-electron chi connectivity index (χ0n) is 12.5. The molecule has 3 aromatic rings. The van der Waals surface area contributed by atoms with Crippen LogP contribution in [0, 0.1) is 0 Å².